The van der Waals surface area contributed by atoms with Gasteiger partial charge in [0.25, 0.3) is 0 Å². The van der Waals surface area contributed by atoms with Crippen LogP contribution < -0.4 is 5.73 Å². The van der Waals surface area contributed by atoms with Gasteiger partial charge in [-0.15, -0.1) is 0 Å². The molecule has 2 unspecified atom stereocenters. The minimum absolute atomic E-state index is 0.254. The van der Waals surface area contributed by atoms with E-state index in [1.54, 1.807) is 18.3 Å². The highest BCUT2D eigenvalue weighted by Crippen LogP contribution is 2.29. The van der Waals surface area contributed by atoms with Crippen molar-refractivity contribution in [3.05, 3.63) is 30.1 Å². The van der Waals surface area contributed by atoms with Gasteiger partial charge < -0.3 is 15.9 Å². The van der Waals surface area contributed by atoms with Crippen molar-refractivity contribution in [3.63, 3.8) is 0 Å². The van der Waals surface area contributed by atoms with Gasteiger partial charge in [-0.1, -0.05) is 15.9 Å². The van der Waals surface area contributed by atoms with Gasteiger partial charge >= 0.3 is 0 Å². The van der Waals surface area contributed by atoms with Crippen molar-refractivity contribution in [3.8, 4) is 0 Å². The molecule has 0 aliphatic rings. The van der Waals surface area contributed by atoms with Gasteiger partial charge in [0.2, 0.25) is 0 Å². The van der Waals surface area contributed by atoms with Gasteiger partial charge in [0.15, 0.2) is 0 Å². The van der Waals surface area contributed by atoms with Crippen molar-refractivity contribution < 1.29 is 10.2 Å². The van der Waals surface area contributed by atoms with Crippen LogP contribution in [0.2, 0.25) is 0 Å². The Hall–Kier alpha value is -1.24. The van der Waals surface area contributed by atoms with Crippen LogP contribution in [0, 0.1) is 0 Å². The number of nitrogens with two attached hydrogens (primary N) is 1. The molecule has 0 saturated heterocycles. The number of nitrogens with zero attached hydrogens (tertiary/aromatic N) is 2. The molecule has 0 radical (unpaired) electrons. The predicted octanol–water partition coefficient (Wildman–Crippen LogP) is 1.00. The molecule has 2 rings (SSSR count). The lowest BCUT2D eigenvalue weighted by molar-refractivity contribution is 0.0355. The molecule has 4 N–H and O–H groups in total. The lowest BCUT2D eigenvalue weighted by atomic mass is 10.0. The van der Waals surface area contributed by atoms with Crippen molar-refractivity contribution in [2.24, 2.45) is 0 Å². The molecule has 1 heterocycles. The smallest absolute Gasteiger partial charge is 0.110 e. The molecule has 0 aliphatic carbocycles. The predicted molar refractivity (Wildman–Crippen MR) is 68.7 cm³/mol. The molecule has 0 amide bonds. The molecule has 5 nitrogen and oxygen atoms in total. The molecule has 0 bridgehead atoms. The highest BCUT2D eigenvalue weighted by atomic mass is 79.9. The Morgan fingerprint density at radius 3 is 2.65 bits per heavy atom. The Morgan fingerprint density at radius 1 is 1.24 bits per heavy atom. The maximum Gasteiger partial charge on any atom is 0.110 e. The van der Waals surface area contributed by atoms with Crippen LogP contribution in [0.5, 0.6) is 0 Å². The third-order valence-corrected chi connectivity index (χ3v) is 3.20. The first-order valence-electron chi connectivity index (χ1n) is 5.06. The Balaban J connectivity index is 2.62. The van der Waals surface area contributed by atoms with Crippen LogP contribution in [0.3, 0.4) is 0 Å². The lowest BCUT2D eigenvalue weighted by Crippen LogP contribution is -2.21. The summed E-state index contributed by atoms with van der Waals surface area (Å²) in [5.41, 5.74) is 7.79. The molecule has 1 aromatic heterocycles. The van der Waals surface area contributed by atoms with Crippen LogP contribution in [0.15, 0.2) is 24.5 Å². The van der Waals surface area contributed by atoms with E-state index in [4.69, 9.17) is 5.73 Å². The quantitative estimate of drug-likeness (QED) is 0.581. The summed E-state index contributed by atoms with van der Waals surface area (Å²) in [5, 5.41) is 20.0. The van der Waals surface area contributed by atoms with E-state index in [0.29, 0.717) is 22.3 Å². The number of aromatic nitrogens is 2. The summed E-state index contributed by atoms with van der Waals surface area (Å²) in [4.78, 5) is 8.28. The zero-order chi connectivity index (χ0) is 12.4. The molecule has 17 heavy (non-hydrogen) atoms. The molecule has 1 aromatic carbocycles. The van der Waals surface area contributed by atoms with Crippen molar-refractivity contribution in [1.82, 2.24) is 9.97 Å². The largest absolute Gasteiger partial charge is 0.398 e. The van der Waals surface area contributed by atoms with Crippen LogP contribution in [-0.4, -0.2) is 31.6 Å². The Labute approximate surface area is 106 Å². The summed E-state index contributed by atoms with van der Waals surface area (Å²) in [5.74, 6) is 0. The fraction of sp³-hybridized carbons (Fsp3) is 0.273. The number of aliphatic hydroxyl groups is 2. The first kappa shape index (κ1) is 12.2. The molecule has 0 fully saturated rings. The van der Waals surface area contributed by atoms with Gasteiger partial charge in [0, 0.05) is 29.0 Å². The number of benzene rings is 1. The second kappa shape index (κ2) is 4.95. The zero-order valence-electron chi connectivity index (χ0n) is 8.92. The second-order valence-corrected chi connectivity index (χ2v) is 4.31. The molecular formula is C11H12BrN3O2. The van der Waals surface area contributed by atoms with Crippen molar-refractivity contribution in [1.29, 1.82) is 0 Å². The number of alkyl halides is 1. The number of aliphatic hydroxyl groups excluding tert-OH is 2. The number of hydrogen-bond acceptors (Lipinski definition) is 5. The fourth-order valence-corrected chi connectivity index (χ4v) is 2.02. The van der Waals surface area contributed by atoms with Gasteiger partial charge in [-0.3, -0.25) is 9.97 Å². The molecule has 0 aliphatic heterocycles. The third kappa shape index (κ3) is 2.24. The molecule has 0 spiro atoms. The number of anilines is 1. The average Bonchev–Trinajstić information content (AvgIpc) is 2.37. The van der Waals surface area contributed by atoms with Crippen molar-refractivity contribution >= 4 is 32.7 Å². The molecule has 6 heteroatoms. The summed E-state index contributed by atoms with van der Waals surface area (Å²) >= 11 is 3.11. The SMILES string of the molecule is Nc1ccc2nccnc2c1C(O)C(O)CBr. The number of rotatable bonds is 3. The topological polar surface area (TPSA) is 92.3 Å². The van der Waals surface area contributed by atoms with Crippen molar-refractivity contribution in [2.75, 3.05) is 11.1 Å². The summed E-state index contributed by atoms with van der Waals surface area (Å²) in [6.07, 6.45) is 1.06. The van der Waals surface area contributed by atoms with Crippen LogP contribution in [0.25, 0.3) is 11.0 Å². The Bertz CT molecular complexity index is 535. The minimum atomic E-state index is -1.09. The van der Waals surface area contributed by atoms with E-state index in [9.17, 15) is 10.2 Å². The van der Waals surface area contributed by atoms with Gasteiger partial charge in [0.05, 0.1) is 17.1 Å². The van der Waals surface area contributed by atoms with E-state index in [-0.39, 0.29) is 5.33 Å². The third-order valence-electron chi connectivity index (χ3n) is 2.53. The monoisotopic (exact) mass is 297 g/mol. The van der Waals surface area contributed by atoms with E-state index in [1.165, 1.54) is 6.20 Å². The zero-order valence-corrected chi connectivity index (χ0v) is 10.5. The van der Waals surface area contributed by atoms with E-state index in [2.05, 4.69) is 25.9 Å². The highest BCUT2D eigenvalue weighted by molar-refractivity contribution is 9.09. The van der Waals surface area contributed by atoms with E-state index in [1.807, 2.05) is 0 Å². The molecule has 0 saturated carbocycles. The first-order valence-corrected chi connectivity index (χ1v) is 6.18. The van der Waals surface area contributed by atoms with Crippen LogP contribution >= 0.6 is 15.9 Å². The number of fused-ring (bicyclic) bond motifs is 1. The molecule has 2 aromatic rings. The Morgan fingerprint density at radius 2 is 1.94 bits per heavy atom. The summed E-state index contributed by atoms with van der Waals surface area (Å²) < 4.78 is 0. The second-order valence-electron chi connectivity index (χ2n) is 3.66. The summed E-state index contributed by atoms with van der Waals surface area (Å²) in [6, 6.07) is 3.38. The maximum atomic E-state index is 10.0. The summed E-state index contributed by atoms with van der Waals surface area (Å²) in [7, 11) is 0. The summed E-state index contributed by atoms with van der Waals surface area (Å²) in [6.45, 7) is 0. The standard InChI is InChI=1S/C11H12BrN3O2/c12-5-8(16)11(17)9-6(13)1-2-7-10(9)15-4-3-14-7/h1-4,8,11,16-17H,5,13H2. The maximum absolute atomic E-state index is 10.0. The fourth-order valence-electron chi connectivity index (χ4n) is 1.66. The highest BCUT2D eigenvalue weighted by Gasteiger charge is 2.22. The van der Waals surface area contributed by atoms with Crippen LogP contribution in [0.1, 0.15) is 11.7 Å². The van der Waals surface area contributed by atoms with Gasteiger partial charge in [0.1, 0.15) is 6.10 Å². The first-order chi connectivity index (χ1) is 8.15. The lowest BCUT2D eigenvalue weighted by Gasteiger charge is -2.18. The van der Waals surface area contributed by atoms with Crippen molar-refractivity contribution in [2.45, 2.75) is 12.2 Å². The molecule has 2 atom stereocenters. The average molecular weight is 298 g/mol. The van der Waals surface area contributed by atoms with Crippen LogP contribution in [0.4, 0.5) is 5.69 Å². The van der Waals surface area contributed by atoms with Crippen LogP contribution in [-0.2, 0) is 0 Å². The van der Waals surface area contributed by atoms with Gasteiger partial charge in [-0.05, 0) is 12.1 Å². The van der Waals surface area contributed by atoms with Gasteiger partial charge in [-0.25, -0.2) is 0 Å². The number of nitrogen functional groups attached to an aromatic ring is 1. The van der Waals surface area contributed by atoms with E-state index >= 15 is 0 Å². The van der Waals surface area contributed by atoms with E-state index < -0.39 is 12.2 Å². The molecular weight excluding hydrogens is 286 g/mol. The molecule has 90 valence electrons. The number of hydrogen-bond donors (Lipinski definition) is 3. The van der Waals surface area contributed by atoms with E-state index in [0.717, 1.165) is 0 Å². The normalized spacial score (nSPS) is 14.8. The minimum Gasteiger partial charge on any atom is -0.398 e. The van der Waals surface area contributed by atoms with Gasteiger partial charge in [-0.2, -0.15) is 0 Å². The number of halogens is 1. The Kier molecular flexibility index (Phi) is 3.56.